The highest BCUT2D eigenvalue weighted by atomic mass is 16.6. The molecule has 0 radical (unpaired) electrons. The molecule has 2 aliphatic heterocycles. The van der Waals surface area contributed by atoms with Gasteiger partial charge in [0.2, 0.25) is 5.91 Å². The van der Waals surface area contributed by atoms with Crippen molar-refractivity contribution in [3.63, 3.8) is 0 Å². The average Bonchev–Trinajstić information content (AvgIpc) is 3.66. The topological polar surface area (TPSA) is 91.4 Å². The van der Waals surface area contributed by atoms with E-state index in [4.69, 9.17) is 9.47 Å². The Bertz CT molecular complexity index is 993. The summed E-state index contributed by atoms with van der Waals surface area (Å²) in [4.78, 5) is 43.9. The summed E-state index contributed by atoms with van der Waals surface area (Å²) < 4.78 is 11.7. The number of ether oxygens (including phenoxy) is 2. The van der Waals surface area contributed by atoms with Gasteiger partial charge in [-0.25, -0.2) is 4.79 Å². The lowest BCUT2D eigenvalue weighted by Crippen LogP contribution is -2.57. The number of anilines is 1. The van der Waals surface area contributed by atoms with E-state index in [2.05, 4.69) is 10.2 Å². The fraction of sp³-hybridized carbons (Fsp3) is 0.679. The Morgan fingerprint density at radius 2 is 1.59 bits per heavy atom. The number of hydrogen-bond acceptors (Lipinski definition) is 6. The average molecular weight is 515 g/mol. The number of piperazine rings is 1. The van der Waals surface area contributed by atoms with Gasteiger partial charge in [-0.2, -0.15) is 0 Å². The van der Waals surface area contributed by atoms with E-state index in [1.54, 1.807) is 23.6 Å². The summed E-state index contributed by atoms with van der Waals surface area (Å²) in [5, 5.41) is 3.14. The Kier molecular flexibility index (Phi) is 7.90. The van der Waals surface area contributed by atoms with E-state index in [-0.39, 0.29) is 23.8 Å². The molecule has 1 N–H and O–H groups in total. The van der Waals surface area contributed by atoms with Crippen LogP contribution in [0.4, 0.5) is 10.5 Å². The predicted molar refractivity (Wildman–Crippen MR) is 142 cm³/mol. The van der Waals surface area contributed by atoms with Crippen molar-refractivity contribution in [1.82, 2.24) is 15.1 Å². The van der Waals surface area contributed by atoms with Crippen LogP contribution < -0.4 is 15.0 Å². The van der Waals surface area contributed by atoms with Gasteiger partial charge in [0.1, 0.15) is 11.4 Å². The summed E-state index contributed by atoms with van der Waals surface area (Å²) in [6.45, 7) is 12.4. The Morgan fingerprint density at radius 3 is 2.24 bits per heavy atom. The Morgan fingerprint density at radius 1 is 0.919 bits per heavy atom. The molecule has 0 unspecified atom stereocenters. The number of amides is 3. The minimum atomic E-state index is -1.07. The third-order valence-electron chi connectivity index (χ3n) is 7.01. The predicted octanol–water partition coefficient (Wildman–Crippen LogP) is 3.42. The molecule has 1 aromatic rings. The van der Waals surface area contributed by atoms with E-state index in [0.29, 0.717) is 44.5 Å². The third-order valence-corrected chi connectivity index (χ3v) is 7.01. The molecule has 1 atom stereocenters. The maximum absolute atomic E-state index is 13.3. The second-order valence-electron chi connectivity index (χ2n) is 11.9. The minimum absolute atomic E-state index is 0.00343. The fourth-order valence-electron chi connectivity index (χ4n) is 4.85. The number of carbonyl (C=O) groups excluding carboxylic acids is 3. The summed E-state index contributed by atoms with van der Waals surface area (Å²) in [6, 6.07) is 8.15. The van der Waals surface area contributed by atoms with Crippen LogP contribution in [0.5, 0.6) is 5.75 Å². The molecule has 3 aliphatic rings. The lowest BCUT2D eigenvalue weighted by molar-refractivity contribution is -0.147. The van der Waals surface area contributed by atoms with Crippen LogP contribution in [-0.2, 0) is 14.3 Å². The van der Waals surface area contributed by atoms with Gasteiger partial charge in [-0.05, 0) is 72.4 Å². The van der Waals surface area contributed by atoms with Gasteiger partial charge in [0, 0.05) is 57.1 Å². The van der Waals surface area contributed by atoms with Crippen LogP contribution in [0.2, 0.25) is 0 Å². The number of carbonyl (C=O) groups is 3. The van der Waals surface area contributed by atoms with Gasteiger partial charge in [-0.1, -0.05) is 6.07 Å². The summed E-state index contributed by atoms with van der Waals surface area (Å²) in [5.41, 5.74) is -0.621. The maximum atomic E-state index is 13.3. The highest BCUT2D eigenvalue weighted by molar-refractivity contribution is 5.85. The van der Waals surface area contributed by atoms with Crippen LogP contribution in [0.3, 0.4) is 0 Å². The maximum Gasteiger partial charge on any atom is 0.410 e. The first kappa shape index (κ1) is 27.1. The molecule has 3 amide bonds. The lowest BCUT2D eigenvalue weighted by atomic mass is 9.96. The van der Waals surface area contributed by atoms with Gasteiger partial charge in [-0.15, -0.1) is 0 Å². The number of nitrogens with zero attached hydrogens (tertiary/aromatic N) is 3. The minimum Gasteiger partial charge on any atom is -0.478 e. The zero-order valence-corrected chi connectivity index (χ0v) is 22.9. The van der Waals surface area contributed by atoms with E-state index in [1.165, 1.54) is 0 Å². The first-order valence-electron chi connectivity index (χ1n) is 13.5. The Balaban J connectivity index is 1.33. The second-order valence-corrected chi connectivity index (χ2v) is 11.9. The Labute approximate surface area is 220 Å². The van der Waals surface area contributed by atoms with Crippen LogP contribution in [-0.4, -0.2) is 84.2 Å². The number of rotatable bonds is 6. The van der Waals surface area contributed by atoms with E-state index < -0.39 is 11.2 Å². The molecule has 204 valence electrons. The zero-order valence-electron chi connectivity index (χ0n) is 22.9. The molecule has 4 rings (SSSR count). The van der Waals surface area contributed by atoms with Crippen LogP contribution in [0.15, 0.2) is 24.3 Å². The standard InChI is InChI=1S/C28H42N4O5/c1-27(2,3)37-26(35)31-16-14-30(15-17-31)25(34)28(4,5)36-23-10-6-9-22(18-23)32-13-7-8-20(19-32)24(33)29-21-11-12-21/h6,9-10,18,20-21H,7-8,11-17,19H2,1-5H3,(H,29,33)/t20-/m0/s1. The molecule has 2 heterocycles. The largest absolute Gasteiger partial charge is 0.478 e. The van der Waals surface area contributed by atoms with Crippen molar-refractivity contribution in [2.75, 3.05) is 44.2 Å². The molecule has 1 aliphatic carbocycles. The molecule has 1 aromatic carbocycles. The van der Waals surface area contributed by atoms with Crippen molar-refractivity contribution in [3.8, 4) is 5.75 Å². The van der Waals surface area contributed by atoms with E-state index >= 15 is 0 Å². The molecular formula is C28H42N4O5. The molecular weight excluding hydrogens is 472 g/mol. The first-order chi connectivity index (χ1) is 17.4. The van der Waals surface area contributed by atoms with Gasteiger partial charge in [0.05, 0.1) is 5.92 Å². The highest BCUT2D eigenvalue weighted by Gasteiger charge is 2.37. The number of piperidine rings is 1. The smallest absolute Gasteiger partial charge is 0.410 e. The van der Waals surface area contributed by atoms with Crippen molar-refractivity contribution in [3.05, 3.63) is 24.3 Å². The molecule has 1 saturated carbocycles. The normalized spacial score (nSPS) is 20.9. The van der Waals surface area contributed by atoms with Crippen molar-refractivity contribution in [2.45, 2.75) is 77.5 Å². The third kappa shape index (κ3) is 7.29. The number of nitrogens with one attached hydrogen (secondary N) is 1. The van der Waals surface area contributed by atoms with Gasteiger partial charge < -0.3 is 29.5 Å². The van der Waals surface area contributed by atoms with Crippen molar-refractivity contribution < 1.29 is 23.9 Å². The quantitative estimate of drug-likeness (QED) is 0.626. The fourth-order valence-corrected chi connectivity index (χ4v) is 4.85. The SMILES string of the molecule is CC(C)(C)OC(=O)N1CCN(C(=O)C(C)(C)Oc2cccc(N3CCC[C@H](C(=O)NC4CC4)C3)c2)CC1. The molecule has 2 saturated heterocycles. The monoisotopic (exact) mass is 514 g/mol. The van der Waals surface area contributed by atoms with E-state index in [9.17, 15) is 14.4 Å². The second kappa shape index (κ2) is 10.8. The van der Waals surface area contributed by atoms with Crippen LogP contribution in [0.25, 0.3) is 0 Å². The van der Waals surface area contributed by atoms with Crippen LogP contribution in [0, 0.1) is 5.92 Å². The van der Waals surface area contributed by atoms with Crippen molar-refractivity contribution in [1.29, 1.82) is 0 Å². The van der Waals surface area contributed by atoms with Gasteiger partial charge in [0.25, 0.3) is 5.91 Å². The van der Waals surface area contributed by atoms with E-state index in [0.717, 1.165) is 37.9 Å². The van der Waals surface area contributed by atoms with Gasteiger partial charge in [-0.3, -0.25) is 9.59 Å². The molecule has 0 spiro atoms. The molecule has 9 nitrogen and oxygen atoms in total. The van der Waals surface area contributed by atoms with Crippen LogP contribution in [0.1, 0.15) is 60.3 Å². The summed E-state index contributed by atoms with van der Waals surface area (Å²) in [6.07, 6.45) is 3.71. The molecule has 0 aromatic heterocycles. The van der Waals surface area contributed by atoms with Gasteiger partial charge >= 0.3 is 6.09 Å². The first-order valence-corrected chi connectivity index (χ1v) is 13.5. The van der Waals surface area contributed by atoms with Crippen molar-refractivity contribution in [2.24, 2.45) is 5.92 Å². The summed E-state index contributed by atoms with van der Waals surface area (Å²) in [7, 11) is 0. The van der Waals surface area contributed by atoms with Crippen molar-refractivity contribution >= 4 is 23.6 Å². The number of hydrogen-bond donors (Lipinski definition) is 1. The van der Waals surface area contributed by atoms with Crippen LogP contribution >= 0.6 is 0 Å². The highest BCUT2D eigenvalue weighted by Crippen LogP contribution is 2.29. The molecule has 0 bridgehead atoms. The number of benzene rings is 1. The molecule has 9 heteroatoms. The Hall–Kier alpha value is -2.97. The molecule has 3 fully saturated rings. The zero-order chi connectivity index (χ0) is 26.8. The lowest BCUT2D eigenvalue weighted by Gasteiger charge is -2.39. The molecule has 37 heavy (non-hydrogen) atoms. The van der Waals surface area contributed by atoms with Gasteiger partial charge in [0.15, 0.2) is 5.60 Å². The summed E-state index contributed by atoms with van der Waals surface area (Å²) >= 11 is 0. The summed E-state index contributed by atoms with van der Waals surface area (Å²) in [5.74, 6) is 0.665. The van der Waals surface area contributed by atoms with E-state index in [1.807, 2.05) is 45.0 Å².